The highest BCUT2D eigenvalue weighted by atomic mass is 35.5. The Morgan fingerprint density at radius 2 is 1.95 bits per heavy atom. The Hall–Kier alpha value is -0.900. The van der Waals surface area contributed by atoms with Crippen molar-refractivity contribution < 1.29 is 4.39 Å². The van der Waals surface area contributed by atoms with Gasteiger partial charge in [0.25, 0.3) is 0 Å². The lowest BCUT2D eigenvalue weighted by molar-refractivity contribution is 0.585. The molecule has 3 rings (SSSR count). The lowest BCUT2D eigenvalue weighted by atomic mass is 10.0. The van der Waals surface area contributed by atoms with Crippen molar-refractivity contribution in [3.05, 3.63) is 57.8 Å². The topological polar surface area (TPSA) is 12.0 Å². The monoisotopic (exact) mass is 327 g/mol. The highest BCUT2D eigenvalue weighted by molar-refractivity contribution is 7.99. The third-order valence-corrected chi connectivity index (χ3v) is 5.29. The summed E-state index contributed by atoms with van der Waals surface area (Å²) < 4.78 is 13.8. The van der Waals surface area contributed by atoms with E-state index in [1.807, 2.05) is 18.2 Å². The van der Waals surface area contributed by atoms with Crippen LogP contribution in [0.5, 0.6) is 0 Å². The van der Waals surface area contributed by atoms with E-state index in [0.29, 0.717) is 10.0 Å². The summed E-state index contributed by atoms with van der Waals surface area (Å²) in [6.07, 6.45) is 0.921. The van der Waals surface area contributed by atoms with Crippen molar-refractivity contribution in [3.8, 4) is 0 Å². The third kappa shape index (κ3) is 2.62. The molecule has 0 spiro atoms. The van der Waals surface area contributed by atoms with Gasteiger partial charge in [-0.25, -0.2) is 4.39 Å². The Kier molecular flexibility index (Phi) is 4.11. The summed E-state index contributed by atoms with van der Waals surface area (Å²) in [6.45, 7) is 0. The average Bonchev–Trinajstić information content (AvgIpc) is 2.45. The summed E-state index contributed by atoms with van der Waals surface area (Å²) in [5.41, 5.74) is 1.77. The molecular weight excluding hydrogens is 316 g/mol. The number of hydrogen-bond acceptors (Lipinski definition) is 2. The Bertz CT molecular complexity index is 648. The standard InChI is InChI=1S/C15H12Cl2FNS/c16-10-4-2-6-13(14(10)17)19-12-7-8-20-15-9(12)3-1-5-11(15)18/h1-6,12,19H,7-8H2. The molecule has 1 aliphatic heterocycles. The molecule has 1 nitrogen and oxygen atoms in total. The first kappa shape index (κ1) is 14.1. The number of fused-ring (bicyclic) bond motifs is 1. The molecule has 0 fully saturated rings. The van der Waals surface area contributed by atoms with E-state index >= 15 is 0 Å². The molecule has 0 aromatic heterocycles. The van der Waals surface area contributed by atoms with Gasteiger partial charge in [-0.1, -0.05) is 41.4 Å². The van der Waals surface area contributed by atoms with E-state index < -0.39 is 0 Å². The second kappa shape index (κ2) is 5.84. The molecule has 1 heterocycles. The van der Waals surface area contributed by atoms with Crippen LogP contribution in [0.3, 0.4) is 0 Å². The molecule has 104 valence electrons. The highest BCUT2D eigenvalue weighted by Gasteiger charge is 2.23. The van der Waals surface area contributed by atoms with Gasteiger partial charge in [0.1, 0.15) is 5.82 Å². The van der Waals surface area contributed by atoms with Crippen molar-refractivity contribution in [2.45, 2.75) is 17.4 Å². The van der Waals surface area contributed by atoms with Crippen LogP contribution in [-0.4, -0.2) is 5.75 Å². The van der Waals surface area contributed by atoms with Crippen LogP contribution in [0.1, 0.15) is 18.0 Å². The minimum Gasteiger partial charge on any atom is -0.377 e. The van der Waals surface area contributed by atoms with E-state index in [2.05, 4.69) is 5.32 Å². The van der Waals surface area contributed by atoms with Crippen LogP contribution in [0.4, 0.5) is 10.1 Å². The molecule has 0 saturated heterocycles. The van der Waals surface area contributed by atoms with E-state index in [9.17, 15) is 4.39 Å². The molecule has 1 unspecified atom stereocenters. The Balaban J connectivity index is 1.94. The summed E-state index contributed by atoms with van der Waals surface area (Å²) in [4.78, 5) is 0.731. The zero-order valence-electron chi connectivity index (χ0n) is 10.5. The number of hydrogen-bond donors (Lipinski definition) is 1. The first-order chi connectivity index (χ1) is 9.66. The van der Waals surface area contributed by atoms with Gasteiger partial charge in [-0.15, -0.1) is 11.8 Å². The maximum absolute atomic E-state index is 13.8. The van der Waals surface area contributed by atoms with Crippen LogP contribution >= 0.6 is 35.0 Å². The van der Waals surface area contributed by atoms with Gasteiger partial charge in [0.15, 0.2) is 0 Å². The fourth-order valence-electron chi connectivity index (χ4n) is 2.34. The predicted octanol–water partition coefficient (Wildman–Crippen LogP) is 5.78. The lowest BCUT2D eigenvalue weighted by Crippen LogP contribution is -2.17. The van der Waals surface area contributed by atoms with E-state index in [0.717, 1.165) is 28.3 Å². The van der Waals surface area contributed by atoms with Crippen LogP contribution in [0.2, 0.25) is 10.0 Å². The summed E-state index contributed by atoms with van der Waals surface area (Å²) in [5, 5.41) is 4.40. The Morgan fingerprint density at radius 3 is 2.80 bits per heavy atom. The van der Waals surface area contributed by atoms with Crippen molar-refractivity contribution in [1.82, 2.24) is 0 Å². The van der Waals surface area contributed by atoms with Crippen LogP contribution in [0.15, 0.2) is 41.3 Å². The second-order valence-corrected chi connectivity index (χ2v) is 6.48. The van der Waals surface area contributed by atoms with Crippen molar-refractivity contribution in [2.24, 2.45) is 0 Å². The van der Waals surface area contributed by atoms with Gasteiger partial charge in [-0.3, -0.25) is 0 Å². The van der Waals surface area contributed by atoms with Gasteiger partial charge in [-0.05, 0) is 30.2 Å². The molecule has 2 aromatic carbocycles. The van der Waals surface area contributed by atoms with Crippen molar-refractivity contribution >= 4 is 40.7 Å². The molecule has 1 aliphatic rings. The summed E-state index contributed by atoms with van der Waals surface area (Å²) in [7, 11) is 0. The quantitative estimate of drug-likeness (QED) is 0.750. The maximum atomic E-state index is 13.8. The smallest absolute Gasteiger partial charge is 0.137 e. The third-order valence-electron chi connectivity index (χ3n) is 3.31. The molecule has 0 amide bonds. The van der Waals surface area contributed by atoms with Crippen molar-refractivity contribution in [2.75, 3.05) is 11.1 Å². The van der Waals surface area contributed by atoms with Gasteiger partial charge < -0.3 is 5.32 Å². The Labute approximate surface area is 131 Å². The highest BCUT2D eigenvalue weighted by Crippen LogP contribution is 2.41. The zero-order chi connectivity index (χ0) is 14.1. The predicted molar refractivity (Wildman–Crippen MR) is 84.6 cm³/mol. The molecule has 1 N–H and O–H groups in total. The maximum Gasteiger partial charge on any atom is 0.137 e. The van der Waals surface area contributed by atoms with Gasteiger partial charge >= 0.3 is 0 Å². The van der Waals surface area contributed by atoms with Crippen LogP contribution in [-0.2, 0) is 0 Å². The molecule has 2 aromatic rings. The van der Waals surface area contributed by atoms with E-state index in [-0.39, 0.29) is 11.9 Å². The van der Waals surface area contributed by atoms with E-state index in [1.165, 1.54) is 6.07 Å². The number of anilines is 1. The minimum absolute atomic E-state index is 0.0536. The number of benzene rings is 2. The molecule has 5 heteroatoms. The van der Waals surface area contributed by atoms with E-state index in [1.54, 1.807) is 23.9 Å². The number of halogens is 3. The second-order valence-electron chi connectivity index (χ2n) is 4.59. The fraction of sp³-hybridized carbons (Fsp3) is 0.200. The SMILES string of the molecule is Fc1cccc2c1SCCC2Nc1cccc(Cl)c1Cl. The number of rotatable bonds is 2. The summed E-state index contributed by atoms with van der Waals surface area (Å²) in [6, 6.07) is 10.7. The normalized spacial score (nSPS) is 17.6. The fourth-order valence-corrected chi connectivity index (χ4v) is 3.84. The summed E-state index contributed by atoms with van der Waals surface area (Å²) in [5.74, 6) is 0.722. The minimum atomic E-state index is -0.156. The van der Waals surface area contributed by atoms with Gasteiger partial charge in [0.05, 0.1) is 21.8 Å². The molecule has 0 saturated carbocycles. The molecule has 0 bridgehead atoms. The first-order valence-electron chi connectivity index (χ1n) is 6.28. The zero-order valence-corrected chi connectivity index (χ0v) is 12.8. The van der Waals surface area contributed by atoms with Crippen LogP contribution < -0.4 is 5.32 Å². The molecule has 0 aliphatic carbocycles. The van der Waals surface area contributed by atoms with Crippen molar-refractivity contribution in [1.29, 1.82) is 0 Å². The van der Waals surface area contributed by atoms with Gasteiger partial charge in [0, 0.05) is 10.6 Å². The molecular formula is C15H12Cl2FNS. The molecule has 1 atom stereocenters. The van der Waals surface area contributed by atoms with Crippen LogP contribution in [0, 0.1) is 5.82 Å². The van der Waals surface area contributed by atoms with Gasteiger partial charge in [0.2, 0.25) is 0 Å². The van der Waals surface area contributed by atoms with Gasteiger partial charge in [-0.2, -0.15) is 0 Å². The average molecular weight is 328 g/mol. The van der Waals surface area contributed by atoms with Crippen molar-refractivity contribution in [3.63, 3.8) is 0 Å². The molecule has 20 heavy (non-hydrogen) atoms. The first-order valence-corrected chi connectivity index (χ1v) is 8.02. The largest absolute Gasteiger partial charge is 0.377 e. The lowest BCUT2D eigenvalue weighted by Gasteiger charge is -2.27. The number of nitrogens with one attached hydrogen (secondary N) is 1. The Morgan fingerprint density at radius 1 is 1.15 bits per heavy atom. The number of thioether (sulfide) groups is 1. The summed E-state index contributed by atoms with van der Waals surface area (Å²) >= 11 is 13.8. The molecule has 0 radical (unpaired) electrons. The van der Waals surface area contributed by atoms with Crippen LogP contribution in [0.25, 0.3) is 0 Å². The van der Waals surface area contributed by atoms with E-state index in [4.69, 9.17) is 23.2 Å².